The molecule has 2 aromatic heterocycles. The van der Waals surface area contributed by atoms with Crippen LogP contribution in [0.15, 0.2) is 54.6 Å². The first-order valence-electron chi connectivity index (χ1n) is 15.8. The van der Waals surface area contributed by atoms with Gasteiger partial charge in [0.25, 0.3) is 0 Å². The van der Waals surface area contributed by atoms with Crippen LogP contribution in [0.1, 0.15) is 60.5 Å². The molecule has 0 amide bonds. The molecule has 3 aromatic carbocycles. The summed E-state index contributed by atoms with van der Waals surface area (Å²) in [5.41, 5.74) is 6.82. The molecule has 0 unspecified atom stereocenters. The summed E-state index contributed by atoms with van der Waals surface area (Å²) < 4.78 is 16.2. The van der Waals surface area contributed by atoms with Gasteiger partial charge in [-0.1, -0.05) is 61.0 Å². The number of ether oxygens (including phenoxy) is 2. The molecule has 0 fully saturated rings. The first-order valence-corrected chi connectivity index (χ1v) is 16.2. The molecule has 1 aliphatic rings. The van der Waals surface area contributed by atoms with E-state index in [0.29, 0.717) is 36.9 Å². The number of esters is 1. The molecule has 230 valence electrons. The van der Waals surface area contributed by atoms with E-state index in [0.717, 1.165) is 94.3 Å². The number of carbonyl (C=O) groups excluding carboxylic acids is 1. The molecule has 6 rings (SSSR count). The molecule has 3 heterocycles. The Morgan fingerprint density at radius 3 is 2.57 bits per heavy atom. The quantitative estimate of drug-likeness (QED) is 0.132. The number of nitrogens with zero attached hydrogens (tertiary/aromatic N) is 4. The van der Waals surface area contributed by atoms with Crippen molar-refractivity contribution in [2.24, 2.45) is 7.05 Å². The number of benzene rings is 3. The zero-order chi connectivity index (χ0) is 30.8. The summed E-state index contributed by atoms with van der Waals surface area (Å²) >= 11 is 7.12. The zero-order valence-corrected chi connectivity index (χ0v) is 26.9. The van der Waals surface area contributed by atoms with Gasteiger partial charge < -0.3 is 18.9 Å². The Morgan fingerprint density at radius 1 is 0.955 bits per heavy atom. The first kappa shape index (κ1) is 30.2. The molecule has 8 heteroatoms. The molecule has 7 nitrogen and oxygen atoms in total. The van der Waals surface area contributed by atoms with Crippen LogP contribution in [0.4, 0.5) is 0 Å². The minimum atomic E-state index is -0.287. The molecule has 1 aliphatic heterocycles. The monoisotopic (exact) mass is 612 g/mol. The van der Waals surface area contributed by atoms with Crippen LogP contribution in [0.3, 0.4) is 0 Å². The Kier molecular flexibility index (Phi) is 8.96. The highest BCUT2D eigenvalue weighted by Crippen LogP contribution is 2.43. The van der Waals surface area contributed by atoms with Gasteiger partial charge in [-0.3, -0.25) is 4.68 Å². The summed E-state index contributed by atoms with van der Waals surface area (Å²) in [6.45, 7) is 7.25. The van der Waals surface area contributed by atoms with Crippen LogP contribution in [0.25, 0.3) is 32.8 Å². The number of carbonyl (C=O) groups is 1. The minimum Gasteiger partial charge on any atom is -0.493 e. The molecule has 0 N–H and O–H groups in total. The van der Waals surface area contributed by atoms with Crippen LogP contribution in [-0.4, -0.2) is 52.0 Å². The highest BCUT2D eigenvalue weighted by atomic mass is 35.5. The van der Waals surface area contributed by atoms with E-state index >= 15 is 0 Å². The van der Waals surface area contributed by atoms with E-state index < -0.39 is 0 Å². The zero-order valence-electron chi connectivity index (χ0n) is 26.2. The topological polar surface area (TPSA) is 61.5 Å². The Balaban J connectivity index is 1.47. The summed E-state index contributed by atoms with van der Waals surface area (Å²) in [5, 5.41) is 8.95. The summed E-state index contributed by atoms with van der Waals surface area (Å²) in [5.74, 6) is 0.589. The summed E-state index contributed by atoms with van der Waals surface area (Å²) in [6, 6.07) is 18.5. The van der Waals surface area contributed by atoms with Gasteiger partial charge >= 0.3 is 5.97 Å². The van der Waals surface area contributed by atoms with Crippen molar-refractivity contribution in [1.29, 1.82) is 0 Å². The molecule has 0 atom stereocenters. The molecule has 44 heavy (non-hydrogen) atoms. The van der Waals surface area contributed by atoms with Crippen molar-refractivity contribution in [1.82, 2.24) is 19.2 Å². The van der Waals surface area contributed by atoms with Gasteiger partial charge in [-0.25, -0.2) is 4.79 Å². The van der Waals surface area contributed by atoms with Gasteiger partial charge in [0, 0.05) is 47.7 Å². The fourth-order valence-electron chi connectivity index (χ4n) is 6.80. The summed E-state index contributed by atoms with van der Waals surface area (Å²) in [6.07, 6.45) is 4.18. The second-order valence-corrected chi connectivity index (χ2v) is 12.0. The largest absolute Gasteiger partial charge is 0.493 e. The predicted octanol–water partition coefficient (Wildman–Crippen LogP) is 7.82. The summed E-state index contributed by atoms with van der Waals surface area (Å²) in [4.78, 5) is 16.1. The molecule has 0 aliphatic carbocycles. The summed E-state index contributed by atoms with van der Waals surface area (Å²) in [7, 11) is 4.16. The van der Waals surface area contributed by atoms with E-state index in [-0.39, 0.29) is 5.97 Å². The van der Waals surface area contributed by atoms with Gasteiger partial charge in [-0.15, -0.1) is 0 Å². The van der Waals surface area contributed by atoms with E-state index in [1.54, 1.807) is 0 Å². The lowest BCUT2D eigenvalue weighted by Crippen LogP contribution is -2.20. The van der Waals surface area contributed by atoms with Crippen LogP contribution in [-0.2, 0) is 37.7 Å². The third-order valence-electron chi connectivity index (χ3n) is 8.74. The van der Waals surface area contributed by atoms with Gasteiger partial charge in [0.2, 0.25) is 0 Å². The van der Waals surface area contributed by atoms with Crippen molar-refractivity contribution in [3.63, 3.8) is 0 Å². The fourth-order valence-corrected chi connectivity index (χ4v) is 7.05. The molecule has 0 radical (unpaired) electrons. The predicted molar refractivity (Wildman–Crippen MR) is 178 cm³/mol. The Labute approximate surface area is 264 Å². The molecular weight excluding hydrogens is 572 g/mol. The first-order chi connectivity index (χ1) is 21.4. The fraction of sp³-hybridized carbons (Fsp3) is 0.389. The van der Waals surface area contributed by atoms with Gasteiger partial charge in [0.1, 0.15) is 11.4 Å². The van der Waals surface area contributed by atoms with Crippen LogP contribution in [0.2, 0.25) is 5.02 Å². The van der Waals surface area contributed by atoms with E-state index in [4.69, 9.17) is 26.2 Å². The second kappa shape index (κ2) is 13.0. The number of fused-ring (bicyclic) bond motifs is 3. The molecule has 0 saturated heterocycles. The van der Waals surface area contributed by atoms with Gasteiger partial charge in [-0.2, -0.15) is 5.10 Å². The third kappa shape index (κ3) is 5.59. The lowest BCUT2D eigenvalue weighted by atomic mass is 9.97. The normalized spacial score (nSPS) is 14.0. The molecular formula is C36H41ClN4O3. The van der Waals surface area contributed by atoms with Gasteiger partial charge in [0.05, 0.1) is 29.4 Å². The second-order valence-electron chi connectivity index (χ2n) is 11.6. The number of aryl methyl sites for hydroxylation is 3. The third-order valence-corrected chi connectivity index (χ3v) is 9.05. The smallest absolute Gasteiger partial charge is 0.355 e. The standard InChI is InChI=1S/C36H41ClN4O3/c1-5-30-33-29(38-40(30)4)23-39(3)20-9-10-21-41-34-27(18-19-28(37)32(33)34)26(35(41)36(42)43-6-2)16-12-22-44-31-17-11-14-24-13-7-8-15-25(24)31/h7-8,11,13-15,17-19H,5-6,9-10,12,16,20-23H2,1-4H3. The van der Waals surface area contributed by atoms with Crippen molar-refractivity contribution >= 4 is 39.2 Å². The number of hydrogen-bond acceptors (Lipinski definition) is 5. The Morgan fingerprint density at radius 2 is 1.75 bits per heavy atom. The average Bonchev–Trinajstić information content (AvgIpc) is 3.49. The lowest BCUT2D eigenvalue weighted by molar-refractivity contribution is 0.0512. The van der Waals surface area contributed by atoms with Gasteiger partial charge in [-0.05, 0) is 75.7 Å². The lowest BCUT2D eigenvalue weighted by Gasteiger charge is -2.16. The SMILES string of the molecule is CCOC(=O)c1c(CCCOc2cccc3ccccc23)c2ccc(Cl)c3c2n1CCCCN(C)Cc1nn(C)c(CC)c1-3. The number of rotatable bonds is 8. The van der Waals surface area contributed by atoms with E-state index in [9.17, 15) is 4.79 Å². The van der Waals surface area contributed by atoms with Crippen molar-refractivity contribution in [3.8, 4) is 16.9 Å². The maximum atomic E-state index is 13.7. The molecule has 0 saturated carbocycles. The minimum absolute atomic E-state index is 0.287. The number of hydrogen-bond donors (Lipinski definition) is 0. The van der Waals surface area contributed by atoms with E-state index in [1.165, 1.54) is 0 Å². The van der Waals surface area contributed by atoms with Crippen LogP contribution in [0, 0.1) is 0 Å². The van der Waals surface area contributed by atoms with Crippen molar-refractivity contribution < 1.29 is 14.3 Å². The van der Waals surface area contributed by atoms with E-state index in [2.05, 4.69) is 47.7 Å². The van der Waals surface area contributed by atoms with Gasteiger partial charge in [0.15, 0.2) is 0 Å². The Hall–Kier alpha value is -3.81. The average molecular weight is 613 g/mol. The molecule has 5 aromatic rings. The number of aromatic nitrogens is 3. The van der Waals surface area contributed by atoms with Crippen molar-refractivity contribution in [2.45, 2.75) is 59.0 Å². The maximum absolute atomic E-state index is 13.7. The van der Waals surface area contributed by atoms with E-state index in [1.807, 2.05) is 49.0 Å². The maximum Gasteiger partial charge on any atom is 0.355 e. The molecule has 0 spiro atoms. The highest BCUT2D eigenvalue weighted by molar-refractivity contribution is 6.35. The van der Waals surface area contributed by atoms with Crippen molar-refractivity contribution in [2.75, 3.05) is 26.8 Å². The van der Waals surface area contributed by atoms with Crippen LogP contribution >= 0.6 is 11.6 Å². The van der Waals surface area contributed by atoms with Crippen LogP contribution in [0.5, 0.6) is 5.75 Å². The Bertz CT molecular complexity index is 1820. The number of halogens is 1. The van der Waals surface area contributed by atoms with Crippen molar-refractivity contribution in [3.05, 3.63) is 82.3 Å². The van der Waals surface area contributed by atoms with Crippen LogP contribution < -0.4 is 4.74 Å². The highest BCUT2D eigenvalue weighted by Gasteiger charge is 2.30. The molecule has 0 bridgehead atoms.